The van der Waals surface area contributed by atoms with Gasteiger partial charge in [0.1, 0.15) is 5.82 Å². The SMILES string of the molecule is Cc1c(F)cc(N)cc1S(=O)(=O)NC(C)Cc1ccsc1. The van der Waals surface area contributed by atoms with E-state index in [4.69, 9.17) is 5.73 Å². The lowest BCUT2D eigenvalue weighted by Crippen LogP contribution is -2.34. The van der Waals surface area contributed by atoms with Gasteiger partial charge in [0.05, 0.1) is 4.90 Å². The van der Waals surface area contributed by atoms with Crippen LogP contribution in [0.25, 0.3) is 0 Å². The van der Waals surface area contributed by atoms with Crippen LogP contribution in [0.4, 0.5) is 10.1 Å². The summed E-state index contributed by atoms with van der Waals surface area (Å²) in [5.41, 5.74) is 6.75. The highest BCUT2D eigenvalue weighted by atomic mass is 32.2. The average molecular weight is 328 g/mol. The Morgan fingerprint density at radius 1 is 1.43 bits per heavy atom. The highest BCUT2D eigenvalue weighted by Gasteiger charge is 2.22. The largest absolute Gasteiger partial charge is 0.399 e. The Morgan fingerprint density at radius 2 is 2.14 bits per heavy atom. The molecule has 4 nitrogen and oxygen atoms in total. The minimum absolute atomic E-state index is 0.0689. The number of nitrogen functional groups attached to an aromatic ring is 1. The normalized spacial score (nSPS) is 13.3. The first kappa shape index (κ1) is 15.9. The smallest absolute Gasteiger partial charge is 0.241 e. The first-order valence-electron chi connectivity index (χ1n) is 6.38. The van der Waals surface area contributed by atoms with Gasteiger partial charge in [-0.05, 0) is 54.8 Å². The van der Waals surface area contributed by atoms with Crippen molar-refractivity contribution < 1.29 is 12.8 Å². The number of anilines is 1. The first-order chi connectivity index (χ1) is 9.79. The van der Waals surface area contributed by atoms with Gasteiger partial charge in [-0.3, -0.25) is 0 Å². The fourth-order valence-electron chi connectivity index (χ4n) is 2.09. The van der Waals surface area contributed by atoms with Crippen molar-refractivity contribution in [3.63, 3.8) is 0 Å². The maximum absolute atomic E-state index is 13.6. The van der Waals surface area contributed by atoms with E-state index in [0.29, 0.717) is 6.42 Å². The molecule has 1 atom stereocenters. The molecule has 0 spiro atoms. The molecule has 0 aliphatic heterocycles. The summed E-state index contributed by atoms with van der Waals surface area (Å²) in [7, 11) is -3.80. The van der Waals surface area contributed by atoms with Crippen molar-refractivity contribution in [2.45, 2.75) is 31.2 Å². The molecule has 7 heteroatoms. The van der Waals surface area contributed by atoms with Crippen molar-refractivity contribution in [1.82, 2.24) is 4.72 Å². The Morgan fingerprint density at radius 3 is 2.76 bits per heavy atom. The Kier molecular flexibility index (Phi) is 4.65. The molecule has 0 saturated heterocycles. The van der Waals surface area contributed by atoms with E-state index in [2.05, 4.69) is 4.72 Å². The van der Waals surface area contributed by atoms with Gasteiger partial charge >= 0.3 is 0 Å². The van der Waals surface area contributed by atoms with E-state index in [1.807, 2.05) is 16.8 Å². The van der Waals surface area contributed by atoms with Crippen LogP contribution >= 0.6 is 11.3 Å². The summed E-state index contributed by atoms with van der Waals surface area (Å²) in [6.07, 6.45) is 0.576. The Labute approximate surface area is 127 Å². The zero-order chi connectivity index (χ0) is 15.6. The van der Waals surface area contributed by atoms with Gasteiger partial charge in [-0.25, -0.2) is 17.5 Å². The highest BCUT2D eigenvalue weighted by Crippen LogP contribution is 2.22. The predicted octanol–water partition coefficient (Wildman–Crippen LogP) is 2.69. The Balaban J connectivity index is 2.22. The van der Waals surface area contributed by atoms with Crippen molar-refractivity contribution in [3.8, 4) is 0 Å². The molecule has 0 fully saturated rings. The topological polar surface area (TPSA) is 72.2 Å². The summed E-state index contributed by atoms with van der Waals surface area (Å²) in [5, 5.41) is 3.91. The monoisotopic (exact) mass is 328 g/mol. The fourth-order valence-corrected chi connectivity index (χ4v) is 4.30. The van der Waals surface area contributed by atoms with E-state index in [1.54, 1.807) is 18.3 Å². The summed E-state index contributed by atoms with van der Waals surface area (Å²) in [5.74, 6) is -0.624. The molecule has 0 radical (unpaired) electrons. The molecule has 3 N–H and O–H groups in total. The van der Waals surface area contributed by atoms with Crippen LogP contribution in [-0.2, 0) is 16.4 Å². The summed E-state index contributed by atoms with van der Waals surface area (Å²) < 4.78 is 40.9. The Hall–Kier alpha value is -1.44. The quantitative estimate of drug-likeness (QED) is 0.829. The maximum Gasteiger partial charge on any atom is 0.241 e. The molecule has 2 aromatic rings. The van der Waals surface area contributed by atoms with Crippen molar-refractivity contribution in [2.75, 3.05) is 5.73 Å². The van der Waals surface area contributed by atoms with E-state index >= 15 is 0 Å². The number of thiophene rings is 1. The summed E-state index contributed by atoms with van der Waals surface area (Å²) in [4.78, 5) is -0.114. The number of rotatable bonds is 5. The number of nitrogens with two attached hydrogens (primary N) is 1. The third-order valence-electron chi connectivity index (χ3n) is 3.09. The van der Waals surface area contributed by atoms with Gasteiger partial charge in [0.15, 0.2) is 0 Å². The van der Waals surface area contributed by atoms with Gasteiger partial charge in [0, 0.05) is 17.3 Å². The molecule has 1 unspecified atom stereocenters. The molecule has 0 aliphatic rings. The van der Waals surface area contributed by atoms with Crippen molar-refractivity contribution in [3.05, 3.63) is 45.9 Å². The maximum atomic E-state index is 13.6. The van der Waals surface area contributed by atoms with Gasteiger partial charge in [0.25, 0.3) is 0 Å². The number of hydrogen-bond donors (Lipinski definition) is 2. The summed E-state index contributed by atoms with van der Waals surface area (Å²) in [6.45, 7) is 3.19. The van der Waals surface area contributed by atoms with Gasteiger partial charge in [-0.1, -0.05) is 0 Å². The van der Waals surface area contributed by atoms with E-state index in [-0.39, 0.29) is 22.2 Å². The second kappa shape index (κ2) is 6.13. The molecule has 2 rings (SSSR count). The zero-order valence-electron chi connectivity index (χ0n) is 11.8. The first-order valence-corrected chi connectivity index (χ1v) is 8.81. The predicted molar refractivity (Wildman–Crippen MR) is 83.4 cm³/mol. The lowest BCUT2D eigenvalue weighted by atomic mass is 10.1. The molecular weight excluding hydrogens is 311 g/mol. The van der Waals surface area contributed by atoms with Gasteiger partial charge < -0.3 is 5.73 Å². The van der Waals surface area contributed by atoms with Crippen molar-refractivity contribution in [1.29, 1.82) is 0 Å². The van der Waals surface area contributed by atoms with Crippen LogP contribution in [0.1, 0.15) is 18.1 Å². The average Bonchev–Trinajstić information content (AvgIpc) is 2.85. The lowest BCUT2D eigenvalue weighted by molar-refractivity contribution is 0.555. The van der Waals surface area contributed by atoms with Gasteiger partial charge in [-0.15, -0.1) is 0 Å². The third-order valence-corrected chi connectivity index (χ3v) is 5.53. The standard InChI is InChI=1S/C14H17FN2O2S2/c1-9(5-11-3-4-20-8-11)17-21(18,19)14-7-12(16)6-13(15)10(14)2/h3-4,6-9,17H,5,16H2,1-2H3. The second-order valence-electron chi connectivity index (χ2n) is 4.98. The molecule has 0 saturated carbocycles. The Bertz CT molecular complexity index is 728. The van der Waals surface area contributed by atoms with Crippen LogP contribution in [0.5, 0.6) is 0 Å². The number of hydrogen-bond acceptors (Lipinski definition) is 4. The van der Waals surface area contributed by atoms with E-state index in [0.717, 1.165) is 11.6 Å². The van der Waals surface area contributed by atoms with Crippen LogP contribution in [0, 0.1) is 12.7 Å². The van der Waals surface area contributed by atoms with E-state index in [1.165, 1.54) is 13.0 Å². The van der Waals surface area contributed by atoms with Crippen LogP contribution in [0.2, 0.25) is 0 Å². The van der Waals surface area contributed by atoms with Gasteiger partial charge in [0.2, 0.25) is 10.0 Å². The zero-order valence-corrected chi connectivity index (χ0v) is 13.4. The van der Waals surface area contributed by atoms with Gasteiger partial charge in [-0.2, -0.15) is 11.3 Å². The molecule has 0 bridgehead atoms. The number of benzene rings is 1. The second-order valence-corrected chi connectivity index (χ2v) is 7.45. The van der Waals surface area contributed by atoms with E-state index < -0.39 is 15.8 Å². The minimum atomic E-state index is -3.80. The third kappa shape index (κ3) is 3.81. The molecule has 114 valence electrons. The molecule has 1 aromatic heterocycles. The van der Waals surface area contributed by atoms with Crippen LogP contribution in [0.15, 0.2) is 33.9 Å². The van der Waals surface area contributed by atoms with Crippen LogP contribution in [-0.4, -0.2) is 14.5 Å². The van der Waals surface area contributed by atoms with E-state index in [9.17, 15) is 12.8 Å². The summed E-state index contributed by atoms with van der Waals surface area (Å²) >= 11 is 1.56. The molecule has 0 aliphatic carbocycles. The van der Waals surface area contributed by atoms with Crippen LogP contribution in [0.3, 0.4) is 0 Å². The van der Waals surface area contributed by atoms with Crippen molar-refractivity contribution in [2.24, 2.45) is 0 Å². The number of sulfonamides is 1. The number of nitrogens with one attached hydrogen (secondary N) is 1. The lowest BCUT2D eigenvalue weighted by Gasteiger charge is -2.15. The fraction of sp³-hybridized carbons (Fsp3) is 0.286. The number of halogens is 1. The molecule has 1 aromatic carbocycles. The highest BCUT2D eigenvalue weighted by molar-refractivity contribution is 7.89. The minimum Gasteiger partial charge on any atom is -0.399 e. The molecular formula is C14H17FN2O2S2. The summed E-state index contributed by atoms with van der Waals surface area (Å²) in [6, 6.07) is 4.04. The van der Waals surface area contributed by atoms with Crippen molar-refractivity contribution >= 4 is 27.0 Å². The molecule has 1 heterocycles. The van der Waals surface area contributed by atoms with Crippen LogP contribution < -0.4 is 10.5 Å². The molecule has 21 heavy (non-hydrogen) atoms. The molecule has 0 amide bonds.